The van der Waals surface area contributed by atoms with Crippen LogP contribution in [0.3, 0.4) is 0 Å². The summed E-state index contributed by atoms with van der Waals surface area (Å²) in [6, 6.07) is 0. The smallest absolute Gasteiger partial charge is 0.306 e. The quantitative estimate of drug-likeness (QED) is 0.838. The number of carbonyl (C=O) groups is 1. The van der Waals surface area contributed by atoms with Gasteiger partial charge in [-0.15, -0.1) is 0 Å². The van der Waals surface area contributed by atoms with Crippen molar-refractivity contribution < 1.29 is 9.90 Å². The minimum Gasteiger partial charge on any atom is -0.481 e. The van der Waals surface area contributed by atoms with Gasteiger partial charge in [0.05, 0.1) is 5.92 Å². The molecule has 0 aromatic rings. The van der Waals surface area contributed by atoms with Crippen LogP contribution in [0.25, 0.3) is 0 Å². The Morgan fingerprint density at radius 3 is 2.22 bits per heavy atom. The fourth-order valence-electron chi connectivity index (χ4n) is 5.58. The lowest BCUT2D eigenvalue weighted by molar-refractivity contribution is -0.168. The summed E-state index contributed by atoms with van der Waals surface area (Å²) in [4.78, 5) is 13.9. The fourth-order valence-corrected chi connectivity index (χ4v) is 5.58. The Morgan fingerprint density at radius 1 is 1.22 bits per heavy atom. The molecule has 3 nitrogen and oxygen atoms in total. The minimum atomic E-state index is -0.592. The largest absolute Gasteiger partial charge is 0.481 e. The van der Waals surface area contributed by atoms with Crippen LogP contribution in [-0.4, -0.2) is 35.6 Å². The molecule has 1 N–H and O–H groups in total. The summed E-state index contributed by atoms with van der Waals surface area (Å²) < 4.78 is 0. The van der Waals surface area contributed by atoms with Crippen molar-refractivity contribution in [2.45, 2.75) is 51.0 Å². The zero-order chi connectivity index (χ0) is 13.1. The lowest BCUT2D eigenvalue weighted by atomic mass is 9.44. The Morgan fingerprint density at radius 2 is 1.78 bits per heavy atom. The van der Waals surface area contributed by atoms with Gasteiger partial charge in [0, 0.05) is 5.54 Å². The van der Waals surface area contributed by atoms with Gasteiger partial charge in [0.1, 0.15) is 0 Å². The van der Waals surface area contributed by atoms with E-state index in [2.05, 4.69) is 19.0 Å². The second-order valence-electron chi connectivity index (χ2n) is 7.50. The van der Waals surface area contributed by atoms with E-state index >= 15 is 0 Å². The molecular formula is C15H25NO2. The highest BCUT2D eigenvalue weighted by atomic mass is 16.4. The summed E-state index contributed by atoms with van der Waals surface area (Å²) in [7, 11) is 4.37. The lowest BCUT2D eigenvalue weighted by Gasteiger charge is -2.65. The molecule has 0 radical (unpaired) electrons. The fraction of sp³-hybridized carbons (Fsp3) is 0.933. The summed E-state index contributed by atoms with van der Waals surface area (Å²) in [5, 5.41) is 9.45. The molecule has 4 rings (SSSR count). The zero-order valence-electron chi connectivity index (χ0n) is 11.8. The van der Waals surface area contributed by atoms with Gasteiger partial charge in [-0.25, -0.2) is 0 Å². The van der Waals surface area contributed by atoms with E-state index in [1.54, 1.807) is 0 Å². The molecule has 3 atom stereocenters. The molecular weight excluding hydrogens is 226 g/mol. The molecule has 4 aliphatic carbocycles. The van der Waals surface area contributed by atoms with Gasteiger partial charge in [-0.1, -0.05) is 6.92 Å². The first-order valence-electron chi connectivity index (χ1n) is 7.27. The van der Waals surface area contributed by atoms with E-state index in [4.69, 9.17) is 0 Å². The topological polar surface area (TPSA) is 40.5 Å². The molecule has 3 heteroatoms. The predicted molar refractivity (Wildman–Crippen MR) is 70.3 cm³/mol. The van der Waals surface area contributed by atoms with E-state index in [9.17, 15) is 9.90 Å². The maximum atomic E-state index is 11.5. The SMILES string of the molecule is CC(C(=O)O)C12CC3CC(C1)CC(N(C)C)(C3)C2. The van der Waals surface area contributed by atoms with Crippen LogP contribution in [0.1, 0.15) is 45.4 Å². The summed E-state index contributed by atoms with van der Waals surface area (Å²) in [5.41, 5.74) is 0.383. The number of hydrogen-bond donors (Lipinski definition) is 1. The number of carboxylic acids is 1. The Kier molecular flexibility index (Phi) is 2.58. The van der Waals surface area contributed by atoms with Crippen LogP contribution in [0.15, 0.2) is 0 Å². The van der Waals surface area contributed by atoms with Gasteiger partial charge < -0.3 is 10.0 Å². The summed E-state index contributed by atoms with van der Waals surface area (Å²) in [6.45, 7) is 1.94. The molecule has 0 aromatic heterocycles. The monoisotopic (exact) mass is 251 g/mol. The van der Waals surface area contributed by atoms with Crippen LogP contribution in [0.2, 0.25) is 0 Å². The first-order valence-corrected chi connectivity index (χ1v) is 7.27. The molecule has 0 aromatic carbocycles. The number of carboxylic acid groups (broad SMARTS) is 1. The predicted octanol–water partition coefficient (Wildman–Crippen LogP) is 2.61. The van der Waals surface area contributed by atoms with Crippen LogP contribution in [0.5, 0.6) is 0 Å². The normalized spacial score (nSPS) is 47.6. The molecule has 0 spiro atoms. The Labute approximate surface area is 110 Å². The van der Waals surface area contributed by atoms with Crippen LogP contribution >= 0.6 is 0 Å². The van der Waals surface area contributed by atoms with Crippen molar-refractivity contribution in [1.82, 2.24) is 4.90 Å². The molecule has 0 heterocycles. The number of hydrogen-bond acceptors (Lipinski definition) is 2. The molecule has 0 amide bonds. The van der Waals surface area contributed by atoms with Crippen LogP contribution in [0.4, 0.5) is 0 Å². The Hall–Kier alpha value is -0.570. The minimum absolute atomic E-state index is 0.0835. The van der Waals surface area contributed by atoms with E-state index in [0.717, 1.165) is 31.1 Å². The van der Waals surface area contributed by atoms with Crippen molar-refractivity contribution >= 4 is 5.97 Å². The number of nitrogens with zero attached hydrogens (tertiary/aromatic N) is 1. The highest BCUT2D eigenvalue weighted by molar-refractivity contribution is 5.70. The maximum absolute atomic E-state index is 11.5. The van der Waals surface area contributed by atoms with Gasteiger partial charge in [0.25, 0.3) is 0 Å². The average molecular weight is 251 g/mol. The summed E-state index contributed by atoms with van der Waals surface area (Å²) in [6.07, 6.45) is 7.37. The Balaban J connectivity index is 1.96. The zero-order valence-corrected chi connectivity index (χ0v) is 11.8. The van der Waals surface area contributed by atoms with Crippen LogP contribution < -0.4 is 0 Å². The molecule has 3 unspecified atom stereocenters. The van der Waals surface area contributed by atoms with Gasteiger partial charge in [-0.05, 0) is 69.9 Å². The van der Waals surface area contributed by atoms with Crippen molar-refractivity contribution in [1.29, 1.82) is 0 Å². The van der Waals surface area contributed by atoms with Gasteiger partial charge in [-0.2, -0.15) is 0 Å². The lowest BCUT2D eigenvalue weighted by Crippen LogP contribution is -2.63. The number of aliphatic carboxylic acids is 1. The van der Waals surface area contributed by atoms with Crippen molar-refractivity contribution in [3.8, 4) is 0 Å². The van der Waals surface area contributed by atoms with Gasteiger partial charge >= 0.3 is 5.97 Å². The second kappa shape index (κ2) is 3.72. The van der Waals surface area contributed by atoms with E-state index in [1.165, 1.54) is 19.3 Å². The third-order valence-corrected chi connectivity index (χ3v) is 6.31. The third kappa shape index (κ3) is 1.56. The summed E-state index contributed by atoms with van der Waals surface area (Å²) in [5.74, 6) is 0.777. The van der Waals surface area contributed by atoms with E-state index in [0.29, 0.717) is 5.54 Å². The molecule has 0 aliphatic heterocycles. The van der Waals surface area contributed by atoms with Crippen LogP contribution in [-0.2, 0) is 4.79 Å². The van der Waals surface area contributed by atoms with E-state index in [-0.39, 0.29) is 11.3 Å². The van der Waals surface area contributed by atoms with Gasteiger partial charge in [-0.3, -0.25) is 4.79 Å². The van der Waals surface area contributed by atoms with Crippen molar-refractivity contribution in [2.24, 2.45) is 23.2 Å². The maximum Gasteiger partial charge on any atom is 0.306 e. The molecule has 102 valence electrons. The molecule has 18 heavy (non-hydrogen) atoms. The molecule has 4 aliphatic rings. The van der Waals surface area contributed by atoms with Crippen LogP contribution in [0, 0.1) is 23.2 Å². The van der Waals surface area contributed by atoms with Crippen molar-refractivity contribution in [2.75, 3.05) is 14.1 Å². The van der Waals surface area contributed by atoms with Gasteiger partial charge in [0.2, 0.25) is 0 Å². The van der Waals surface area contributed by atoms with Gasteiger partial charge in [0.15, 0.2) is 0 Å². The molecule has 0 saturated heterocycles. The highest BCUT2D eigenvalue weighted by Crippen LogP contribution is 2.65. The standard InChI is InChI=1S/C15H25NO2/c1-10(13(17)18)14-5-11-4-12(6-14)8-15(7-11,9-14)16(2)3/h10-12H,4-9H2,1-3H3,(H,17,18). The van der Waals surface area contributed by atoms with E-state index in [1.807, 2.05) is 6.92 Å². The van der Waals surface area contributed by atoms with Crippen molar-refractivity contribution in [3.63, 3.8) is 0 Å². The van der Waals surface area contributed by atoms with E-state index < -0.39 is 5.97 Å². The third-order valence-electron chi connectivity index (χ3n) is 6.31. The Bertz CT molecular complexity index is 363. The first-order chi connectivity index (χ1) is 8.37. The first kappa shape index (κ1) is 12.5. The average Bonchev–Trinajstić information content (AvgIpc) is 2.25. The highest BCUT2D eigenvalue weighted by Gasteiger charge is 2.60. The summed E-state index contributed by atoms with van der Waals surface area (Å²) >= 11 is 0. The molecule has 4 fully saturated rings. The molecule has 4 saturated carbocycles. The second-order valence-corrected chi connectivity index (χ2v) is 7.50. The van der Waals surface area contributed by atoms with Crippen molar-refractivity contribution in [3.05, 3.63) is 0 Å². The molecule has 4 bridgehead atoms. The number of rotatable bonds is 3.